The van der Waals surface area contributed by atoms with Crippen LogP contribution in [0.5, 0.6) is 0 Å². The van der Waals surface area contributed by atoms with E-state index < -0.39 is 5.60 Å². The lowest BCUT2D eigenvalue weighted by atomic mass is 9.79. The number of allylic oxidation sites excluding steroid dienone is 2. The smallest absolute Gasteiger partial charge is 0.334 e. The molecule has 1 saturated carbocycles. The highest BCUT2D eigenvalue weighted by Gasteiger charge is 2.47. The topological polar surface area (TPSA) is 26.3 Å². The van der Waals surface area contributed by atoms with Crippen molar-refractivity contribution < 1.29 is 9.53 Å². The maximum Gasteiger partial charge on any atom is 0.334 e. The van der Waals surface area contributed by atoms with Crippen LogP contribution in [0.2, 0.25) is 0 Å². The Labute approximate surface area is 109 Å². The highest BCUT2D eigenvalue weighted by Crippen LogP contribution is 2.49. The molecule has 4 unspecified atom stereocenters. The van der Waals surface area contributed by atoms with Crippen molar-refractivity contribution >= 4 is 5.97 Å². The molecule has 0 radical (unpaired) electrons. The fourth-order valence-electron chi connectivity index (χ4n) is 3.14. The summed E-state index contributed by atoms with van der Waals surface area (Å²) in [5, 5.41) is 0. The predicted molar refractivity (Wildman–Crippen MR) is 71.6 cm³/mol. The van der Waals surface area contributed by atoms with E-state index in [4.69, 9.17) is 4.74 Å². The maximum absolute atomic E-state index is 11.8. The van der Waals surface area contributed by atoms with Gasteiger partial charge in [-0.1, -0.05) is 24.7 Å². The minimum Gasteiger partial charge on any atom is -0.442 e. The number of fused-ring (bicyclic) bond motifs is 2. The highest BCUT2D eigenvalue weighted by atomic mass is 16.6. The molecule has 2 heteroatoms. The van der Waals surface area contributed by atoms with E-state index in [0.717, 1.165) is 6.42 Å². The average Bonchev–Trinajstić information content (AvgIpc) is 2.90. The van der Waals surface area contributed by atoms with Gasteiger partial charge in [0, 0.05) is 11.5 Å². The van der Waals surface area contributed by atoms with Crippen LogP contribution in [0.25, 0.3) is 0 Å². The fraction of sp³-hybridized carbons (Fsp3) is 0.562. The molecule has 18 heavy (non-hydrogen) atoms. The van der Waals surface area contributed by atoms with E-state index in [1.165, 1.54) is 6.42 Å². The Hall–Kier alpha value is -1.49. The molecular formula is C16H20O2. The third-order valence-electron chi connectivity index (χ3n) is 4.01. The Morgan fingerprint density at radius 3 is 2.61 bits per heavy atom. The van der Waals surface area contributed by atoms with E-state index in [1.54, 1.807) is 13.8 Å². The summed E-state index contributed by atoms with van der Waals surface area (Å²) in [6, 6.07) is 0. The first-order valence-electron chi connectivity index (χ1n) is 6.47. The number of carbonyl (C=O) groups excluding carboxylic acids is 1. The number of carbonyl (C=O) groups is 1. The summed E-state index contributed by atoms with van der Waals surface area (Å²) >= 11 is 0. The van der Waals surface area contributed by atoms with E-state index in [2.05, 4.69) is 30.6 Å². The number of rotatable bonds is 3. The summed E-state index contributed by atoms with van der Waals surface area (Å²) in [5.41, 5.74) is -0.257. The van der Waals surface area contributed by atoms with Crippen molar-refractivity contribution in [2.45, 2.75) is 39.2 Å². The van der Waals surface area contributed by atoms with Gasteiger partial charge in [0.05, 0.1) is 0 Å². The third-order valence-corrected chi connectivity index (χ3v) is 4.01. The molecule has 2 bridgehead atoms. The Morgan fingerprint density at radius 2 is 2.17 bits per heavy atom. The molecule has 0 spiro atoms. The Morgan fingerprint density at radius 1 is 1.44 bits per heavy atom. The lowest BCUT2D eigenvalue weighted by molar-refractivity contribution is -0.152. The van der Waals surface area contributed by atoms with Crippen molar-refractivity contribution in [3.8, 4) is 11.8 Å². The molecule has 0 heterocycles. The number of esters is 1. The number of ether oxygens (including phenoxy) is 1. The van der Waals surface area contributed by atoms with Crippen molar-refractivity contribution in [2.75, 3.05) is 0 Å². The van der Waals surface area contributed by atoms with Crippen molar-refractivity contribution in [1.29, 1.82) is 0 Å². The molecule has 0 aliphatic heterocycles. The average molecular weight is 244 g/mol. The molecule has 0 aromatic carbocycles. The first-order valence-corrected chi connectivity index (χ1v) is 6.47. The second-order valence-electron chi connectivity index (χ2n) is 5.54. The van der Waals surface area contributed by atoms with Crippen molar-refractivity contribution in [3.05, 3.63) is 24.3 Å². The third kappa shape index (κ3) is 2.22. The Bertz CT molecular complexity index is 463. The van der Waals surface area contributed by atoms with Gasteiger partial charge in [0.2, 0.25) is 0 Å². The summed E-state index contributed by atoms with van der Waals surface area (Å²) in [5.74, 6) is 7.12. The van der Waals surface area contributed by atoms with Crippen LogP contribution in [-0.4, -0.2) is 11.6 Å². The van der Waals surface area contributed by atoms with Crippen molar-refractivity contribution in [3.63, 3.8) is 0 Å². The molecule has 0 N–H and O–H groups in total. The normalized spacial score (nSPS) is 31.4. The molecule has 2 aliphatic rings. The quantitative estimate of drug-likeness (QED) is 0.330. The summed E-state index contributed by atoms with van der Waals surface area (Å²) in [4.78, 5) is 11.8. The van der Waals surface area contributed by atoms with Gasteiger partial charge in [0.1, 0.15) is 0 Å². The molecule has 2 aliphatic carbocycles. The zero-order valence-corrected chi connectivity index (χ0v) is 11.3. The fourth-order valence-corrected chi connectivity index (χ4v) is 3.14. The maximum atomic E-state index is 11.8. The predicted octanol–water partition coefficient (Wildman–Crippen LogP) is 3.10. The van der Waals surface area contributed by atoms with Gasteiger partial charge in [-0.05, 0) is 45.4 Å². The van der Waals surface area contributed by atoms with Gasteiger partial charge in [-0.3, -0.25) is 0 Å². The second-order valence-corrected chi connectivity index (χ2v) is 5.54. The monoisotopic (exact) mass is 244 g/mol. The van der Waals surface area contributed by atoms with Crippen LogP contribution in [0.3, 0.4) is 0 Å². The van der Waals surface area contributed by atoms with Crippen LogP contribution < -0.4 is 0 Å². The number of hydrogen-bond acceptors (Lipinski definition) is 2. The van der Waals surface area contributed by atoms with E-state index >= 15 is 0 Å². The molecule has 2 rings (SSSR count). The van der Waals surface area contributed by atoms with Gasteiger partial charge in [0.25, 0.3) is 0 Å². The molecule has 1 fully saturated rings. The van der Waals surface area contributed by atoms with E-state index in [0.29, 0.717) is 23.3 Å². The summed E-state index contributed by atoms with van der Waals surface area (Å²) < 4.78 is 5.63. The van der Waals surface area contributed by atoms with Gasteiger partial charge in [-0.15, -0.1) is 5.92 Å². The second kappa shape index (κ2) is 4.65. The summed E-state index contributed by atoms with van der Waals surface area (Å²) in [6.07, 6.45) is 6.77. The lowest BCUT2D eigenvalue weighted by Gasteiger charge is -2.34. The molecule has 4 atom stereocenters. The highest BCUT2D eigenvalue weighted by molar-refractivity contribution is 5.87. The molecular weight excluding hydrogens is 224 g/mol. The standard InChI is InChI=1S/C16H20O2/c1-5-8-16(4,18-15(17)11(2)3)14-10-12-6-7-13(14)9-12/h6-7,12-14H,2,9-10H2,1,3-4H3. The number of hydrogen-bond donors (Lipinski definition) is 0. The first kappa shape index (κ1) is 13.0. The van der Waals surface area contributed by atoms with Crippen LogP contribution in [0.1, 0.15) is 33.6 Å². The molecule has 96 valence electrons. The minimum atomic E-state index is -0.686. The van der Waals surface area contributed by atoms with E-state index in [-0.39, 0.29) is 5.97 Å². The van der Waals surface area contributed by atoms with Gasteiger partial charge in [0.15, 0.2) is 5.60 Å². The largest absolute Gasteiger partial charge is 0.442 e. The van der Waals surface area contributed by atoms with E-state index in [9.17, 15) is 4.79 Å². The zero-order chi connectivity index (χ0) is 13.3. The van der Waals surface area contributed by atoms with Gasteiger partial charge in [-0.2, -0.15) is 0 Å². The minimum absolute atomic E-state index is 0.309. The van der Waals surface area contributed by atoms with Gasteiger partial charge >= 0.3 is 5.97 Å². The van der Waals surface area contributed by atoms with Crippen molar-refractivity contribution in [1.82, 2.24) is 0 Å². The summed E-state index contributed by atoms with van der Waals surface area (Å²) in [7, 11) is 0. The zero-order valence-electron chi connectivity index (χ0n) is 11.3. The van der Waals surface area contributed by atoms with Crippen LogP contribution in [-0.2, 0) is 9.53 Å². The van der Waals surface area contributed by atoms with Crippen LogP contribution in [0.4, 0.5) is 0 Å². The summed E-state index contributed by atoms with van der Waals surface area (Å²) in [6.45, 7) is 9.03. The molecule has 0 saturated heterocycles. The molecule has 2 nitrogen and oxygen atoms in total. The molecule has 0 amide bonds. The van der Waals surface area contributed by atoms with Crippen LogP contribution in [0.15, 0.2) is 24.3 Å². The lowest BCUT2D eigenvalue weighted by Crippen LogP contribution is -2.40. The Balaban J connectivity index is 2.21. The Kier molecular flexibility index (Phi) is 3.34. The van der Waals surface area contributed by atoms with Gasteiger partial charge in [-0.25, -0.2) is 4.79 Å². The van der Waals surface area contributed by atoms with Crippen LogP contribution in [0, 0.1) is 29.6 Å². The first-order chi connectivity index (χ1) is 8.46. The molecule has 0 aromatic heterocycles. The van der Waals surface area contributed by atoms with E-state index in [1.807, 2.05) is 6.92 Å². The van der Waals surface area contributed by atoms with Gasteiger partial charge < -0.3 is 4.74 Å². The van der Waals surface area contributed by atoms with Crippen molar-refractivity contribution in [2.24, 2.45) is 17.8 Å². The van der Waals surface area contributed by atoms with Crippen LogP contribution >= 0.6 is 0 Å². The molecule has 0 aromatic rings. The SMILES string of the molecule is C=C(C)C(=O)OC(C)(C#CC)C1CC2C=CC1C2.